The van der Waals surface area contributed by atoms with Gasteiger partial charge < -0.3 is 4.42 Å². The first-order chi connectivity index (χ1) is 10.1. The van der Waals surface area contributed by atoms with E-state index in [0.29, 0.717) is 11.1 Å². The summed E-state index contributed by atoms with van der Waals surface area (Å²) in [7, 11) is 0. The Morgan fingerprint density at radius 1 is 1.48 bits per heavy atom. The SMILES string of the molecule is CC[C@@H](C)/C(C)=N\NC(=O)CSc1nc2ccccc2o1. The van der Waals surface area contributed by atoms with Crippen LogP contribution in [0.4, 0.5) is 0 Å². The van der Waals surface area contributed by atoms with Crippen LogP contribution < -0.4 is 5.43 Å². The number of nitrogens with one attached hydrogen (secondary N) is 1. The summed E-state index contributed by atoms with van der Waals surface area (Å²) in [5, 5.41) is 4.60. The van der Waals surface area contributed by atoms with Crippen molar-refractivity contribution in [1.82, 2.24) is 10.4 Å². The summed E-state index contributed by atoms with van der Waals surface area (Å²) in [6.07, 6.45) is 1.00. The molecule has 1 aromatic heterocycles. The van der Waals surface area contributed by atoms with Crippen LogP contribution in [0.15, 0.2) is 39.0 Å². The molecule has 5 nitrogen and oxygen atoms in total. The smallest absolute Gasteiger partial charge is 0.257 e. The number of hydrogen-bond donors (Lipinski definition) is 1. The Labute approximate surface area is 128 Å². The van der Waals surface area contributed by atoms with Gasteiger partial charge in [-0.1, -0.05) is 37.7 Å². The summed E-state index contributed by atoms with van der Waals surface area (Å²) >= 11 is 1.26. The van der Waals surface area contributed by atoms with Gasteiger partial charge in [0.2, 0.25) is 0 Å². The van der Waals surface area contributed by atoms with Crippen LogP contribution in [0.3, 0.4) is 0 Å². The summed E-state index contributed by atoms with van der Waals surface area (Å²) in [4.78, 5) is 16.0. The minimum Gasteiger partial charge on any atom is -0.431 e. The van der Waals surface area contributed by atoms with E-state index in [2.05, 4.69) is 29.4 Å². The Bertz CT molecular complexity index is 618. The van der Waals surface area contributed by atoms with Crippen molar-refractivity contribution in [2.75, 3.05) is 5.75 Å². The zero-order valence-electron chi connectivity index (χ0n) is 12.4. The molecular weight excluding hydrogens is 286 g/mol. The lowest BCUT2D eigenvalue weighted by atomic mass is 10.1. The summed E-state index contributed by atoms with van der Waals surface area (Å²) in [5.41, 5.74) is 5.01. The van der Waals surface area contributed by atoms with Crippen molar-refractivity contribution in [3.05, 3.63) is 24.3 Å². The highest BCUT2D eigenvalue weighted by molar-refractivity contribution is 7.99. The van der Waals surface area contributed by atoms with Crippen molar-refractivity contribution in [2.24, 2.45) is 11.0 Å². The van der Waals surface area contributed by atoms with Crippen LogP contribution in [0.1, 0.15) is 27.2 Å². The molecule has 0 unspecified atom stereocenters. The van der Waals surface area contributed by atoms with E-state index in [4.69, 9.17) is 4.42 Å². The number of amides is 1. The molecule has 21 heavy (non-hydrogen) atoms. The average molecular weight is 305 g/mol. The molecule has 0 aliphatic heterocycles. The van der Waals surface area contributed by atoms with E-state index >= 15 is 0 Å². The van der Waals surface area contributed by atoms with Crippen LogP contribution in [0.5, 0.6) is 0 Å². The van der Waals surface area contributed by atoms with Crippen LogP contribution in [-0.2, 0) is 4.79 Å². The third-order valence-electron chi connectivity index (χ3n) is 3.28. The standard InChI is InChI=1S/C15H19N3O2S/c1-4-10(2)11(3)17-18-14(19)9-21-15-16-12-7-5-6-8-13(12)20-15/h5-8,10H,4,9H2,1-3H3,(H,18,19)/b17-11-/t10-/m1/s1. The van der Waals surface area contributed by atoms with Gasteiger partial charge in [-0.15, -0.1) is 0 Å². The van der Waals surface area contributed by atoms with Crippen LogP contribution in [0.2, 0.25) is 0 Å². The number of thioether (sulfide) groups is 1. The predicted molar refractivity (Wildman–Crippen MR) is 85.4 cm³/mol. The van der Waals surface area contributed by atoms with Crippen molar-refractivity contribution in [3.8, 4) is 0 Å². The first-order valence-electron chi connectivity index (χ1n) is 6.91. The molecule has 0 aliphatic carbocycles. The lowest BCUT2D eigenvalue weighted by Gasteiger charge is -2.07. The number of hydrazone groups is 1. The number of benzene rings is 1. The van der Waals surface area contributed by atoms with E-state index in [1.54, 1.807) is 0 Å². The number of aromatic nitrogens is 1. The molecule has 0 radical (unpaired) electrons. The topological polar surface area (TPSA) is 67.5 Å². The van der Waals surface area contributed by atoms with Gasteiger partial charge in [0.1, 0.15) is 5.52 Å². The maximum atomic E-state index is 11.7. The van der Waals surface area contributed by atoms with E-state index in [1.807, 2.05) is 31.2 Å². The van der Waals surface area contributed by atoms with Crippen molar-refractivity contribution < 1.29 is 9.21 Å². The number of hydrogen-bond acceptors (Lipinski definition) is 5. The lowest BCUT2D eigenvalue weighted by molar-refractivity contribution is -0.118. The monoisotopic (exact) mass is 305 g/mol. The highest BCUT2D eigenvalue weighted by Crippen LogP contribution is 2.22. The maximum Gasteiger partial charge on any atom is 0.257 e. The number of para-hydroxylation sites is 2. The second-order valence-corrected chi connectivity index (χ2v) is 5.76. The van der Waals surface area contributed by atoms with Gasteiger partial charge in [0.05, 0.1) is 5.75 Å². The Balaban J connectivity index is 1.86. The van der Waals surface area contributed by atoms with E-state index in [1.165, 1.54) is 11.8 Å². The molecule has 0 bridgehead atoms. The third kappa shape index (κ3) is 4.32. The molecule has 2 rings (SSSR count). The second-order valence-electron chi connectivity index (χ2n) is 4.83. The van der Waals surface area contributed by atoms with Gasteiger partial charge in [-0.2, -0.15) is 5.10 Å². The fourth-order valence-corrected chi connectivity index (χ4v) is 2.26. The van der Waals surface area contributed by atoms with Crippen LogP contribution in [-0.4, -0.2) is 22.4 Å². The van der Waals surface area contributed by atoms with Crippen molar-refractivity contribution in [3.63, 3.8) is 0 Å². The molecule has 0 saturated heterocycles. The minimum atomic E-state index is -0.162. The molecule has 0 aliphatic rings. The van der Waals surface area contributed by atoms with E-state index in [-0.39, 0.29) is 11.7 Å². The van der Waals surface area contributed by atoms with Gasteiger partial charge in [-0.3, -0.25) is 4.79 Å². The van der Waals surface area contributed by atoms with E-state index in [0.717, 1.165) is 23.2 Å². The number of nitrogens with zero attached hydrogens (tertiary/aromatic N) is 2. The molecule has 0 saturated carbocycles. The summed E-state index contributed by atoms with van der Waals surface area (Å²) in [6, 6.07) is 7.52. The molecular formula is C15H19N3O2S. The molecule has 112 valence electrons. The molecule has 2 aromatic rings. The van der Waals surface area contributed by atoms with E-state index in [9.17, 15) is 4.79 Å². The maximum absolute atomic E-state index is 11.7. The molecule has 0 spiro atoms. The zero-order valence-corrected chi connectivity index (χ0v) is 13.2. The predicted octanol–water partition coefficient (Wildman–Crippen LogP) is 3.46. The summed E-state index contributed by atoms with van der Waals surface area (Å²) in [5.74, 6) is 0.435. The average Bonchev–Trinajstić information content (AvgIpc) is 2.92. The van der Waals surface area contributed by atoms with Gasteiger partial charge in [0.15, 0.2) is 5.58 Å². The second kappa shape index (κ2) is 7.26. The normalized spacial score (nSPS) is 13.4. The molecule has 1 amide bonds. The van der Waals surface area contributed by atoms with Crippen molar-refractivity contribution in [2.45, 2.75) is 32.4 Å². The largest absolute Gasteiger partial charge is 0.431 e. The Morgan fingerprint density at radius 3 is 2.95 bits per heavy atom. The quantitative estimate of drug-likeness (QED) is 0.504. The van der Waals surface area contributed by atoms with Crippen LogP contribution >= 0.6 is 11.8 Å². The molecule has 1 aromatic carbocycles. The zero-order chi connectivity index (χ0) is 15.2. The first kappa shape index (κ1) is 15.6. The van der Waals surface area contributed by atoms with Crippen molar-refractivity contribution in [1.29, 1.82) is 0 Å². The third-order valence-corrected chi connectivity index (χ3v) is 4.11. The molecule has 6 heteroatoms. The summed E-state index contributed by atoms with van der Waals surface area (Å²) < 4.78 is 5.54. The number of oxazole rings is 1. The summed E-state index contributed by atoms with van der Waals surface area (Å²) in [6.45, 7) is 6.09. The van der Waals surface area contributed by atoms with E-state index < -0.39 is 0 Å². The van der Waals surface area contributed by atoms with Crippen LogP contribution in [0, 0.1) is 5.92 Å². The lowest BCUT2D eigenvalue weighted by Crippen LogP contribution is -2.22. The molecule has 1 atom stereocenters. The van der Waals surface area contributed by atoms with Crippen LogP contribution in [0.25, 0.3) is 11.1 Å². The number of fused-ring (bicyclic) bond motifs is 1. The highest BCUT2D eigenvalue weighted by Gasteiger charge is 2.09. The van der Waals surface area contributed by atoms with Crippen molar-refractivity contribution >= 4 is 34.5 Å². The van der Waals surface area contributed by atoms with Gasteiger partial charge in [0.25, 0.3) is 11.1 Å². The fraction of sp³-hybridized carbons (Fsp3) is 0.400. The van der Waals surface area contributed by atoms with Gasteiger partial charge in [-0.05, 0) is 31.4 Å². The molecule has 1 N–H and O–H groups in total. The van der Waals surface area contributed by atoms with Gasteiger partial charge >= 0.3 is 0 Å². The van der Waals surface area contributed by atoms with Gasteiger partial charge in [0, 0.05) is 5.71 Å². The Morgan fingerprint density at radius 2 is 2.24 bits per heavy atom. The fourth-order valence-electron chi connectivity index (χ4n) is 1.63. The van der Waals surface area contributed by atoms with Gasteiger partial charge in [-0.25, -0.2) is 10.4 Å². The molecule has 0 fully saturated rings. The Kier molecular flexibility index (Phi) is 5.38. The minimum absolute atomic E-state index is 0.162. The number of carbonyl (C=O) groups excluding carboxylic acids is 1. The number of rotatable bonds is 6. The Hall–Kier alpha value is -1.82. The molecule has 1 heterocycles. The number of carbonyl (C=O) groups is 1. The first-order valence-corrected chi connectivity index (χ1v) is 7.90. The highest BCUT2D eigenvalue weighted by atomic mass is 32.2.